The number of hydrogen-bond donors (Lipinski definition) is 2. The Morgan fingerprint density at radius 2 is 2.03 bits per heavy atom. The van der Waals surface area contributed by atoms with Gasteiger partial charge in [-0.25, -0.2) is 4.79 Å². The lowest BCUT2D eigenvalue weighted by Gasteiger charge is -2.33. The van der Waals surface area contributed by atoms with Crippen LogP contribution in [0.25, 0.3) is 11.0 Å². The highest BCUT2D eigenvalue weighted by molar-refractivity contribution is 6.11. The van der Waals surface area contributed by atoms with Crippen molar-refractivity contribution in [3.05, 3.63) is 56.0 Å². The molecular formula is C27H30N8O3. The summed E-state index contributed by atoms with van der Waals surface area (Å²) in [6, 6.07) is 5.28. The molecule has 1 amide bonds. The van der Waals surface area contributed by atoms with Gasteiger partial charge >= 0.3 is 5.69 Å². The van der Waals surface area contributed by atoms with Gasteiger partial charge in [0.1, 0.15) is 23.0 Å². The zero-order valence-corrected chi connectivity index (χ0v) is 21.5. The predicted molar refractivity (Wildman–Crippen MR) is 143 cm³/mol. The first-order valence-corrected chi connectivity index (χ1v) is 12.8. The van der Waals surface area contributed by atoms with E-state index in [1.807, 2.05) is 4.90 Å². The second kappa shape index (κ2) is 10.2. The van der Waals surface area contributed by atoms with Crippen LogP contribution in [0.3, 0.4) is 0 Å². The first-order valence-electron chi connectivity index (χ1n) is 12.8. The molecule has 1 saturated carbocycles. The number of carbonyl (C=O) groups excluding carboxylic acids is 1. The minimum atomic E-state index is -0.599. The van der Waals surface area contributed by atoms with E-state index < -0.39 is 11.2 Å². The van der Waals surface area contributed by atoms with Crippen LogP contribution in [-0.4, -0.2) is 49.8 Å². The largest absolute Gasteiger partial charge is 0.356 e. The summed E-state index contributed by atoms with van der Waals surface area (Å²) in [6.45, 7) is 2.87. The number of carbonyl (C=O) groups is 1. The minimum Gasteiger partial charge on any atom is -0.356 e. The van der Waals surface area contributed by atoms with Crippen molar-refractivity contribution in [3.8, 4) is 17.9 Å². The van der Waals surface area contributed by atoms with E-state index in [4.69, 9.17) is 5.73 Å². The Hall–Kier alpha value is -4.35. The molecule has 11 nitrogen and oxygen atoms in total. The van der Waals surface area contributed by atoms with Crippen LogP contribution >= 0.6 is 0 Å². The van der Waals surface area contributed by atoms with Crippen molar-refractivity contribution >= 4 is 22.8 Å². The average molecular weight is 515 g/mol. The van der Waals surface area contributed by atoms with Crippen LogP contribution in [0.5, 0.6) is 0 Å². The van der Waals surface area contributed by atoms with E-state index in [1.54, 1.807) is 30.7 Å². The van der Waals surface area contributed by atoms with Crippen LogP contribution in [0, 0.1) is 23.2 Å². The maximum atomic E-state index is 14.1. The van der Waals surface area contributed by atoms with Crippen LogP contribution in [0.2, 0.25) is 0 Å². The third-order valence-corrected chi connectivity index (χ3v) is 7.14. The number of nitrogens with zero attached hydrogens (tertiary/aromatic N) is 6. The number of pyridine rings is 1. The van der Waals surface area contributed by atoms with Crippen molar-refractivity contribution in [2.75, 3.05) is 18.0 Å². The Morgan fingerprint density at radius 1 is 1.24 bits per heavy atom. The second-order valence-corrected chi connectivity index (χ2v) is 9.85. The van der Waals surface area contributed by atoms with Gasteiger partial charge in [-0.1, -0.05) is 5.92 Å². The zero-order chi connectivity index (χ0) is 27.0. The van der Waals surface area contributed by atoms with Crippen LogP contribution in [-0.2, 0) is 20.1 Å². The molecule has 2 fully saturated rings. The van der Waals surface area contributed by atoms with Gasteiger partial charge in [0.2, 0.25) is 0 Å². The molecule has 2 aliphatic rings. The lowest BCUT2D eigenvalue weighted by atomic mass is 10.1. The lowest BCUT2D eigenvalue weighted by molar-refractivity contribution is 0.0952. The highest BCUT2D eigenvalue weighted by Crippen LogP contribution is 2.33. The Morgan fingerprint density at radius 3 is 2.71 bits per heavy atom. The number of nitriles is 1. The summed E-state index contributed by atoms with van der Waals surface area (Å²) in [4.78, 5) is 47.6. The fourth-order valence-corrected chi connectivity index (χ4v) is 5.12. The Labute approximate surface area is 219 Å². The monoisotopic (exact) mass is 514 g/mol. The molecule has 38 heavy (non-hydrogen) atoms. The normalized spacial score (nSPS) is 17.1. The topological polar surface area (TPSA) is 144 Å². The number of piperidine rings is 1. The van der Waals surface area contributed by atoms with Gasteiger partial charge in [-0.05, 0) is 44.7 Å². The van der Waals surface area contributed by atoms with E-state index in [-0.39, 0.29) is 47.7 Å². The fourth-order valence-electron chi connectivity index (χ4n) is 5.12. The number of amides is 1. The van der Waals surface area contributed by atoms with E-state index in [0.29, 0.717) is 30.2 Å². The molecule has 0 spiro atoms. The minimum absolute atomic E-state index is 0.0822. The second-order valence-electron chi connectivity index (χ2n) is 9.85. The van der Waals surface area contributed by atoms with Crippen LogP contribution in [0.1, 0.15) is 54.2 Å². The summed E-state index contributed by atoms with van der Waals surface area (Å²) in [7, 11) is 1.56. The van der Waals surface area contributed by atoms with E-state index in [2.05, 4.69) is 28.2 Å². The van der Waals surface area contributed by atoms with Gasteiger partial charge in [0, 0.05) is 38.4 Å². The summed E-state index contributed by atoms with van der Waals surface area (Å²) in [5.41, 5.74) is 6.50. The molecule has 3 N–H and O–H groups in total. The van der Waals surface area contributed by atoms with E-state index in [0.717, 1.165) is 30.3 Å². The number of rotatable bonds is 6. The number of nitrogens with two attached hydrogens (primary N) is 1. The third-order valence-electron chi connectivity index (χ3n) is 7.14. The molecule has 196 valence electrons. The Kier molecular flexibility index (Phi) is 6.79. The number of fused-ring (bicyclic) bond motifs is 1. The third kappa shape index (κ3) is 4.46. The van der Waals surface area contributed by atoms with Gasteiger partial charge in [0.25, 0.3) is 11.5 Å². The SMILES string of the molecule is CC#CCn1c(N2CCC[C@@H](N)C2)c(C(=O)NC2CC2)c2c1c(=O)n(Cc1ncccc1C#N)c(=O)n2C. The maximum Gasteiger partial charge on any atom is 0.331 e. The van der Waals surface area contributed by atoms with Gasteiger partial charge < -0.3 is 20.5 Å². The van der Waals surface area contributed by atoms with Gasteiger partial charge in [-0.2, -0.15) is 5.26 Å². The van der Waals surface area contributed by atoms with Crippen molar-refractivity contribution in [1.82, 2.24) is 24.0 Å². The molecule has 0 unspecified atom stereocenters. The molecule has 4 heterocycles. The number of nitrogens with one attached hydrogen (secondary N) is 1. The van der Waals surface area contributed by atoms with E-state index in [1.165, 1.54) is 10.8 Å². The molecular weight excluding hydrogens is 484 g/mol. The van der Waals surface area contributed by atoms with Gasteiger partial charge in [-0.15, -0.1) is 5.92 Å². The summed E-state index contributed by atoms with van der Waals surface area (Å²) < 4.78 is 4.15. The Bertz CT molecular complexity index is 1640. The van der Waals surface area contributed by atoms with Gasteiger partial charge in [0.05, 0.1) is 29.9 Å². The Balaban J connectivity index is 1.82. The fraction of sp³-hybridized carbons (Fsp3) is 0.444. The lowest BCUT2D eigenvalue weighted by Crippen LogP contribution is -2.44. The molecule has 5 rings (SSSR count). The highest BCUT2D eigenvalue weighted by Gasteiger charge is 2.34. The van der Waals surface area contributed by atoms with Crippen molar-refractivity contribution < 1.29 is 4.79 Å². The molecule has 1 aliphatic carbocycles. The van der Waals surface area contributed by atoms with E-state index >= 15 is 0 Å². The molecule has 0 aromatic carbocycles. The smallest absolute Gasteiger partial charge is 0.331 e. The summed E-state index contributed by atoms with van der Waals surface area (Å²) in [6.07, 6.45) is 5.01. The van der Waals surface area contributed by atoms with Gasteiger partial charge in [0.15, 0.2) is 0 Å². The van der Waals surface area contributed by atoms with E-state index in [9.17, 15) is 19.6 Å². The quantitative estimate of drug-likeness (QED) is 0.460. The van der Waals surface area contributed by atoms with Crippen molar-refractivity contribution in [2.24, 2.45) is 12.8 Å². The van der Waals surface area contributed by atoms with Crippen molar-refractivity contribution in [3.63, 3.8) is 0 Å². The number of anilines is 1. The molecule has 11 heteroatoms. The number of aromatic nitrogens is 4. The molecule has 0 radical (unpaired) electrons. The molecule has 3 aromatic rings. The van der Waals surface area contributed by atoms with Crippen LogP contribution < -0.4 is 27.2 Å². The van der Waals surface area contributed by atoms with Crippen molar-refractivity contribution in [1.29, 1.82) is 5.26 Å². The average Bonchev–Trinajstić information content (AvgIpc) is 3.66. The summed E-state index contributed by atoms with van der Waals surface area (Å²) in [5.74, 6) is 6.14. The number of aryl methyl sites for hydroxylation is 1. The molecule has 1 atom stereocenters. The molecule has 0 bridgehead atoms. The van der Waals surface area contributed by atoms with Crippen LogP contribution in [0.15, 0.2) is 27.9 Å². The first kappa shape index (κ1) is 25.3. The number of hydrogen-bond acceptors (Lipinski definition) is 7. The molecule has 3 aromatic heterocycles. The zero-order valence-electron chi connectivity index (χ0n) is 21.5. The summed E-state index contributed by atoms with van der Waals surface area (Å²) in [5, 5.41) is 12.5. The maximum absolute atomic E-state index is 14.1. The van der Waals surface area contributed by atoms with Gasteiger partial charge in [-0.3, -0.25) is 23.7 Å². The molecule has 1 saturated heterocycles. The molecule has 1 aliphatic heterocycles. The summed E-state index contributed by atoms with van der Waals surface area (Å²) >= 11 is 0. The standard InChI is InChI=1S/C27H30N8O3/c1-3-4-13-34-23-22(21(24(36)31-19-9-10-19)25(34)33-12-6-8-18(29)15-33)32(2)27(38)35(26(23)37)16-20-17(14-28)7-5-11-30-20/h5,7,11,18-19H,6,8-10,12-13,15-16,29H2,1-2H3,(H,31,36)/t18-/m1/s1. The predicted octanol–water partition coefficient (Wildman–Crippen LogP) is 0.660. The van der Waals surface area contributed by atoms with Crippen LogP contribution in [0.4, 0.5) is 5.82 Å². The van der Waals surface area contributed by atoms with Crippen molar-refractivity contribution in [2.45, 2.75) is 57.8 Å². The highest BCUT2D eigenvalue weighted by atomic mass is 16.2. The first-order chi connectivity index (χ1) is 18.3.